The molecule has 1 rings (SSSR count). The molecule has 0 unspecified atom stereocenters. The molecule has 0 radical (unpaired) electrons. The number of aliphatic hydroxyl groups is 1. The zero-order valence-corrected chi connectivity index (χ0v) is 9.35. The van der Waals surface area contributed by atoms with Crippen LogP contribution in [-0.2, 0) is 9.59 Å². The fraction of sp³-hybridized carbons (Fsp3) is 0.667. The molecule has 8 heteroatoms. The Morgan fingerprint density at radius 3 is 2.41 bits per heavy atom. The molecule has 0 aromatic carbocycles. The number of aliphatic imine (C=N–C) groups is 1. The SMILES string of the molecule is NC(N)=NCCC[C@@H]1NC(=O)[C@H](CO)NC1=O. The van der Waals surface area contributed by atoms with Gasteiger partial charge in [-0.15, -0.1) is 0 Å². The molecule has 1 aliphatic rings. The van der Waals surface area contributed by atoms with Gasteiger partial charge >= 0.3 is 0 Å². The predicted molar refractivity (Wildman–Crippen MR) is 60.9 cm³/mol. The molecule has 0 spiro atoms. The molecule has 0 bridgehead atoms. The van der Waals surface area contributed by atoms with Gasteiger partial charge in [0.25, 0.3) is 0 Å². The Hall–Kier alpha value is -1.83. The summed E-state index contributed by atoms with van der Waals surface area (Å²) in [7, 11) is 0. The van der Waals surface area contributed by atoms with Crippen molar-refractivity contribution < 1.29 is 14.7 Å². The van der Waals surface area contributed by atoms with Gasteiger partial charge in [0.15, 0.2) is 5.96 Å². The van der Waals surface area contributed by atoms with E-state index in [1.807, 2.05) is 0 Å². The zero-order valence-electron chi connectivity index (χ0n) is 9.35. The summed E-state index contributed by atoms with van der Waals surface area (Å²) in [5, 5.41) is 13.8. The summed E-state index contributed by atoms with van der Waals surface area (Å²) in [5.74, 6) is -0.672. The highest BCUT2D eigenvalue weighted by Gasteiger charge is 2.32. The van der Waals surface area contributed by atoms with Crippen LogP contribution in [0, 0.1) is 0 Å². The van der Waals surface area contributed by atoms with E-state index in [0.717, 1.165) is 0 Å². The predicted octanol–water partition coefficient (Wildman–Crippen LogP) is -2.98. The molecule has 8 nitrogen and oxygen atoms in total. The number of rotatable bonds is 5. The summed E-state index contributed by atoms with van der Waals surface area (Å²) in [6, 6.07) is -1.43. The Labute approximate surface area is 98.4 Å². The highest BCUT2D eigenvalue weighted by atomic mass is 16.3. The Morgan fingerprint density at radius 1 is 1.24 bits per heavy atom. The van der Waals surface area contributed by atoms with Crippen molar-refractivity contribution in [1.82, 2.24) is 10.6 Å². The van der Waals surface area contributed by atoms with Gasteiger partial charge in [0.2, 0.25) is 11.8 Å². The molecule has 1 fully saturated rings. The molecule has 0 aliphatic carbocycles. The number of carbonyl (C=O) groups excluding carboxylic acids is 2. The quantitative estimate of drug-likeness (QED) is 0.199. The fourth-order valence-corrected chi connectivity index (χ4v) is 1.51. The van der Waals surface area contributed by atoms with Crippen LogP contribution >= 0.6 is 0 Å². The van der Waals surface area contributed by atoms with Crippen LogP contribution in [-0.4, -0.2) is 48.1 Å². The molecule has 2 atom stereocenters. The molecule has 7 N–H and O–H groups in total. The van der Waals surface area contributed by atoms with Crippen LogP contribution in [0.4, 0.5) is 0 Å². The first-order valence-corrected chi connectivity index (χ1v) is 5.31. The van der Waals surface area contributed by atoms with Crippen LogP contribution in [0.3, 0.4) is 0 Å². The van der Waals surface area contributed by atoms with E-state index in [2.05, 4.69) is 15.6 Å². The van der Waals surface area contributed by atoms with E-state index in [1.165, 1.54) is 0 Å². The van der Waals surface area contributed by atoms with Crippen molar-refractivity contribution in [2.75, 3.05) is 13.2 Å². The molecular weight excluding hydrogens is 226 g/mol. The standard InChI is InChI=1S/C9H17N5O3/c10-9(11)12-3-1-2-5-7(16)14-6(4-15)8(17)13-5/h5-6,15H,1-4H2,(H,13,17)(H,14,16)(H4,10,11,12)/t5-,6-/m0/s1. The second kappa shape index (κ2) is 6.04. The zero-order chi connectivity index (χ0) is 12.8. The van der Waals surface area contributed by atoms with Gasteiger partial charge in [0.1, 0.15) is 12.1 Å². The number of piperazine rings is 1. The van der Waals surface area contributed by atoms with Crippen LogP contribution in [0.1, 0.15) is 12.8 Å². The lowest BCUT2D eigenvalue weighted by Gasteiger charge is -2.28. The number of nitrogens with one attached hydrogen (secondary N) is 2. The van der Waals surface area contributed by atoms with E-state index < -0.39 is 18.7 Å². The normalized spacial score (nSPS) is 23.8. The van der Waals surface area contributed by atoms with Crippen LogP contribution in [0.2, 0.25) is 0 Å². The fourth-order valence-electron chi connectivity index (χ4n) is 1.51. The maximum absolute atomic E-state index is 11.5. The summed E-state index contributed by atoms with van der Waals surface area (Å²) < 4.78 is 0. The first kappa shape index (κ1) is 13.2. The maximum Gasteiger partial charge on any atom is 0.245 e. The van der Waals surface area contributed by atoms with E-state index >= 15 is 0 Å². The van der Waals surface area contributed by atoms with Crippen LogP contribution in [0.25, 0.3) is 0 Å². The van der Waals surface area contributed by atoms with Crippen molar-refractivity contribution in [3.05, 3.63) is 0 Å². The van der Waals surface area contributed by atoms with Crippen molar-refractivity contribution in [3.8, 4) is 0 Å². The van der Waals surface area contributed by atoms with E-state index in [-0.39, 0.29) is 17.8 Å². The van der Waals surface area contributed by atoms with Crippen molar-refractivity contribution >= 4 is 17.8 Å². The lowest BCUT2D eigenvalue weighted by atomic mass is 10.1. The average molecular weight is 243 g/mol. The molecule has 1 heterocycles. The van der Waals surface area contributed by atoms with Gasteiger partial charge in [-0.2, -0.15) is 0 Å². The lowest BCUT2D eigenvalue weighted by molar-refractivity contribution is -0.137. The largest absolute Gasteiger partial charge is 0.394 e. The van der Waals surface area contributed by atoms with Gasteiger partial charge < -0.3 is 27.2 Å². The number of nitrogens with zero attached hydrogens (tertiary/aromatic N) is 1. The van der Waals surface area contributed by atoms with Gasteiger partial charge in [-0.25, -0.2) is 0 Å². The Kier molecular flexibility index (Phi) is 4.70. The minimum Gasteiger partial charge on any atom is -0.394 e. The second-order valence-electron chi connectivity index (χ2n) is 3.75. The van der Waals surface area contributed by atoms with Crippen molar-refractivity contribution in [2.45, 2.75) is 24.9 Å². The molecule has 1 aliphatic heterocycles. The third kappa shape index (κ3) is 3.91. The summed E-state index contributed by atoms with van der Waals surface area (Å²) in [6.07, 6.45) is 1.03. The topological polar surface area (TPSA) is 143 Å². The van der Waals surface area contributed by atoms with Crippen LogP contribution < -0.4 is 22.1 Å². The van der Waals surface area contributed by atoms with Gasteiger partial charge in [-0.1, -0.05) is 0 Å². The second-order valence-corrected chi connectivity index (χ2v) is 3.75. The summed E-state index contributed by atoms with van der Waals surface area (Å²) in [4.78, 5) is 26.7. The summed E-state index contributed by atoms with van der Waals surface area (Å²) in [5.41, 5.74) is 10.3. The first-order chi connectivity index (χ1) is 8.04. The molecule has 0 saturated carbocycles. The van der Waals surface area contributed by atoms with E-state index in [0.29, 0.717) is 19.4 Å². The van der Waals surface area contributed by atoms with Gasteiger partial charge in [-0.05, 0) is 12.8 Å². The number of hydrogen-bond donors (Lipinski definition) is 5. The van der Waals surface area contributed by atoms with Crippen LogP contribution in [0.15, 0.2) is 4.99 Å². The minimum absolute atomic E-state index is 0.00229. The molecular formula is C9H17N5O3. The van der Waals surface area contributed by atoms with Gasteiger partial charge in [-0.3, -0.25) is 14.6 Å². The number of guanidine groups is 1. The van der Waals surface area contributed by atoms with Gasteiger partial charge in [0, 0.05) is 6.54 Å². The lowest BCUT2D eigenvalue weighted by Crippen LogP contribution is -2.62. The van der Waals surface area contributed by atoms with E-state index in [4.69, 9.17) is 16.6 Å². The Balaban J connectivity index is 2.37. The summed E-state index contributed by atoms with van der Waals surface area (Å²) >= 11 is 0. The Morgan fingerprint density at radius 2 is 1.82 bits per heavy atom. The molecule has 1 saturated heterocycles. The number of amides is 2. The summed E-state index contributed by atoms with van der Waals surface area (Å²) in [6.45, 7) is 0.00368. The van der Waals surface area contributed by atoms with Crippen molar-refractivity contribution in [1.29, 1.82) is 0 Å². The number of nitrogens with two attached hydrogens (primary N) is 2. The molecule has 0 aromatic rings. The van der Waals surface area contributed by atoms with E-state index in [1.54, 1.807) is 0 Å². The average Bonchev–Trinajstić information content (AvgIpc) is 2.28. The molecule has 17 heavy (non-hydrogen) atoms. The number of hydrogen-bond acceptors (Lipinski definition) is 4. The molecule has 0 aromatic heterocycles. The molecule has 96 valence electrons. The van der Waals surface area contributed by atoms with E-state index in [9.17, 15) is 9.59 Å². The highest BCUT2D eigenvalue weighted by Crippen LogP contribution is 2.04. The minimum atomic E-state index is -0.851. The smallest absolute Gasteiger partial charge is 0.245 e. The number of carbonyl (C=O) groups is 2. The van der Waals surface area contributed by atoms with Crippen molar-refractivity contribution in [2.24, 2.45) is 16.5 Å². The molecule has 2 amide bonds. The van der Waals surface area contributed by atoms with Crippen molar-refractivity contribution in [3.63, 3.8) is 0 Å². The monoisotopic (exact) mass is 243 g/mol. The Bertz CT molecular complexity index is 327. The number of aliphatic hydroxyl groups excluding tert-OH is 1. The van der Waals surface area contributed by atoms with Gasteiger partial charge in [0.05, 0.1) is 6.61 Å². The third-order valence-electron chi connectivity index (χ3n) is 2.39. The van der Waals surface area contributed by atoms with Crippen LogP contribution in [0.5, 0.6) is 0 Å². The first-order valence-electron chi connectivity index (χ1n) is 5.31. The third-order valence-corrected chi connectivity index (χ3v) is 2.39. The maximum atomic E-state index is 11.5. The highest BCUT2D eigenvalue weighted by molar-refractivity contribution is 5.96.